The summed E-state index contributed by atoms with van der Waals surface area (Å²) in [5.41, 5.74) is 3.60. The molecule has 0 bridgehead atoms. The van der Waals surface area contributed by atoms with E-state index in [1.807, 2.05) is 48.5 Å². The smallest absolute Gasteiger partial charge is 0.142 e. The molecule has 3 heteroatoms. The van der Waals surface area contributed by atoms with Gasteiger partial charge in [0, 0.05) is 11.1 Å². The molecule has 3 aromatic rings. The molecule has 0 heterocycles. The second-order valence-electron chi connectivity index (χ2n) is 6.98. The third-order valence-electron chi connectivity index (χ3n) is 4.74. The van der Waals surface area contributed by atoms with Crippen molar-refractivity contribution in [3.63, 3.8) is 0 Å². The van der Waals surface area contributed by atoms with Gasteiger partial charge >= 0.3 is 0 Å². The summed E-state index contributed by atoms with van der Waals surface area (Å²) in [4.78, 5) is 0. The third kappa shape index (κ3) is 5.47. The van der Waals surface area contributed by atoms with Crippen molar-refractivity contribution in [2.45, 2.75) is 20.3 Å². The van der Waals surface area contributed by atoms with Crippen LogP contribution in [-0.2, 0) is 0 Å². The lowest BCUT2D eigenvalue weighted by Crippen LogP contribution is -2.06. The molecule has 3 rings (SSSR count). The van der Waals surface area contributed by atoms with Crippen LogP contribution in [0.1, 0.15) is 37.0 Å². The van der Waals surface area contributed by atoms with E-state index in [9.17, 15) is 4.39 Å². The van der Waals surface area contributed by atoms with Gasteiger partial charge in [0.15, 0.2) is 0 Å². The van der Waals surface area contributed by atoms with Crippen LogP contribution in [0.5, 0.6) is 5.75 Å². The molecule has 0 aromatic heterocycles. The summed E-state index contributed by atoms with van der Waals surface area (Å²) >= 11 is 0. The fraction of sp³-hybridized carbons (Fsp3) is 0.192. The summed E-state index contributed by atoms with van der Waals surface area (Å²) in [7, 11) is 0. The lowest BCUT2D eigenvalue weighted by atomic mass is 10.0. The van der Waals surface area contributed by atoms with Crippen LogP contribution in [0, 0.1) is 34.9 Å². The zero-order valence-electron chi connectivity index (χ0n) is 16.6. The lowest BCUT2D eigenvalue weighted by molar-refractivity contribution is 0.256. The van der Waals surface area contributed by atoms with Crippen LogP contribution in [-0.4, -0.2) is 6.61 Å². The van der Waals surface area contributed by atoms with E-state index in [-0.39, 0.29) is 5.56 Å². The largest absolute Gasteiger partial charge is 0.493 e. The second-order valence-corrected chi connectivity index (χ2v) is 6.98. The number of hydrogen-bond donors (Lipinski definition) is 0. The molecule has 0 fully saturated rings. The van der Waals surface area contributed by atoms with E-state index in [0.717, 1.165) is 35.5 Å². The highest BCUT2D eigenvalue weighted by Gasteiger charge is 2.03. The quantitative estimate of drug-likeness (QED) is 0.492. The summed E-state index contributed by atoms with van der Waals surface area (Å²) in [5, 5.41) is 8.78. The molecule has 0 saturated heterocycles. The Labute approximate surface area is 171 Å². The van der Waals surface area contributed by atoms with Crippen molar-refractivity contribution in [2.24, 2.45) is 5.92 Å². The van der Waals surface area contributed by atoms with Gasteiger partial charge in [0.25, 0.3) is 0 Å². The van der Waals surface area contributed by atoms with Gasteiger partial charge in [-0.15, -0.1) is 0 Å². The molecule has 0 N–H and O–H groups in total. The Bertz CT molecular complexity index is 1070. The molecule has 2 nitrogen and oxygen atoms in total. The molecule has 144 valence electrons. The minimum absolute atomic E-state index is 0.0243. The minimum Gasteiger partial charge on any atom is -0.493 e. The molecular weight excluding hydrogens is 361 g/mol. The first kappa shape index (κ1) is 20.2. The van der Waals surface area contributed by atoms with E-state index in [1.54, 1.807) is 12.1 Å². The normalized spacial score (nSPS) is 11.1. The second kappa shape index (κ2) is 9.58. The molecule has 29 heavy (non-hydrogen) atoms. The monoisotopic (exact) mass is 383 g/mol. The van der Waals surface area contributed by atoms with Crippen LogP contribution in [0.4, 0.5) is 4.39 Å². The van der Waals surface area contributed by atoms with Gasteiger partial charge in [-0.3, -0.25) is 0 Å². The maximum Gasteiger partial charge on any atom is 0.142 e. The fourth-order valence-corrected chi connectivity index (χ4v) is 2.67. The molecule has 0 radical (unpaired) electrons. The van der Waals surface area contributed by atoms with Gasteiger partial charge in [0.05, 0.1) is 12.2 Å². The third-order valence-corrected chi connectivity index (χ3v) is 4.74. The van der Waals surface area contributed by atoms with E-state index in [0.29, 0.717) is 11.5 Å². The summed E-state index contributed by atoms with van der Waals surface area (Å²) in [6, 6.07) is 22.2. The number of ether oxygens (including phenoxy) is 1. The molecule has 3 aromatic carbocycles. The standard InChI is InChI=1S/C26H22FNO/c1-3-19(2)18-29-25-14-12-23(13-15-25)22-9-6-20(7-10-22)4-5-21-8-11-24(17-28)26(27)16-21/h6-16,19H,3,18H2,1-2H3/t19-/m0/s1. The van der Waals surface area contributed by atoms with Crippen LogP contribution in [0.3, 0.4) is 0 Å². The zero-order chi connectivity index (χ0) is 20.6. The van der Waals surface area contributed by atoms with Crippen molar-refractivity contribution < 1.29 is 9.13 Å². The fourth-order valence-electron chi connectivity index (χ4n) is 2.67. The summed E-state index contributed by atoms with van der Waals surface area (Å²) in [6.45, 7) is 5.07. The van der Waals surface area contributed by atoms with Gasteiger partial charge in [0.1, 0.15) is 17.6 Å². The first-order valence-electron chi connectivity index (χ1n) is 9.64. The van der Waals surface area contributed by atoms with Crippen molar-refractivity contribution in [2.75, 3.05) is 6.61 Å². The molecule has 0 aliphatic rings. The number of rotatable bonds is 5. The molecule has 1 atom stereocenters. The van der Waals surface area contributed by atoms with Crippen molar-refractivity contribution in [1.29, 1.82) is 5.26 Å². The van der Waals surface area contributed by atoms with Gasteiger partial charge < -0.3 is 4.74 Å². The number of hydrogen-bond acceptors (Lipinski definition) is 2. The Hall–Kier alpha value is -3.56. The molecule has 0 aliphatic heterocycles. The van der Waals surface area contributed by atoms with E-state index in [2.05, 4.69) is 25.7 Å². The maximum atomic E-state index is 13.7. The van der Waals surface area contributed by atoms with Crippen molar-refractivity contribution >= 4 is 0 Å². The van der Waals surface area contributed by atoms with Crippen molar-refractivity contribution in [3.05, 3.63) is 89.2 Å². The summed E-state index contributed by atoms with van der Waals surface area (Å²) < 4.78 is 19.5. The van der Waals surface area contributed by atoms with Crippen molar-refractivity contribution in [3.8, 4) is 34.8 Å². The zero-order valence-corrected chi connectivity index (χ0v) is 16.6. The van der Waals surface area contributed by atoms with Gasteiger partial charge in [-0.05, 0) is 59.5 Å². The molecule has 0 spiro atoms. The maximum absolute atomic E-state index is 13.7. The van der Waals surface area contributed by atoms with Crippen molar-refractivity contribution in [1.82, 2.24) is 0 Å². The number of halogens is 1. The topological polar surface area (TPSA) is 33.0 Å². The van der Waals surface area contributed by atoms with Gasteiger partial charge in [-0.2, -0.15) is 5.26 Å². The molecular formula is C26H22FNO. The SMILES string of the molecule is CC[C@H](C)COc1ccc(-c2ccc(C#Cc3ccc(C#N)c(F)c3)cc2)cc1. The first-order valence-corrected chi connectivity index (χ1v) is 9.64. The number of benzene rings is 3. The van der Waals surface area contributed by atoms with E-state index in [1.165, 1.54) is 12.1 Å². The van der Waals surface area contributed by atoms with Crippen LogP contribution in [0.15, 0.2) is 66.7 Å². The Balaban J connectivity index is 1.68. The van der Waals surface area contributed by atoms with E-state index >= 15 is 0 Å². The highest BCUT2D eigenvalue weighted by atomic mass is 19.1. The van der Waals surface area contributed by atoms with Gasteiger partial charge in [-0.25, -0.2) is 4.39 Å². The number of nitriles is 1. The Kier molecular flexibility index (Phi) is 6.67. The Morgan fingerprint density at radius 2 is 1.48 bits per heavy atom. The van der Waals surface area contributed by atoms with Crippen LogP contribution >= 0.6 is 0 Å². The van der Waals surface area contributed by atoms with Gasteiger partial charge in [0.2, 0.25) is 0 Å². The van der Waals surface area contributed by atoms with Crippen LogP contribution in [0.2, 0.25) is 0 Å². The highest BCUT2D eigenvalue weighted by Crippen LogP contribution is 2.23. The average molecular weight is 383 g/mol. The Morgan fingerprint density at radius 3 is 2.07 bits per heavy atom. The van der Waals surface area contributed by atoms with Crippen LogP contribution in [0.25, 0.3) is 11.1 Å². The van der Waals surface area contributed by atoms with E-state index in [4.69, 9.17) is 10.00 Å². The molecule has 0 aliphatic carbocycles. The highest BCUT2D eigenvalue weighted by molar-refractivity contribution is 5.65. The summed E-state index contributed by atoms with van der Waals surface area (Å²) in [6.07, 6.45) is 1.10. The lowest BCUT2D eigenvalue weighted by Gasteiger charge is -2.11. The van der Waals surface area contributed by atoms with Crippen LogP contribution < -0.4 is 4.74 Å². The molecule has 0 saturated carbocycles. The Morgan fingerprint density at radius 1 is 0.897 bits per heavy atom. The molecule has 0 unspecified atom stereocenters. The minimum atomic E-state index is -0.550. The van der Waals surface area contributed by atoms with Gasteiger partial charge in [-0.1, -0.05) is 56.4 Å². The first-order chi connectivity index (χ1) is 14.1. The molecule has 0 amide bonds. The average Bonchev–Trinajstić information content (AvgIpc) is 2.77. The summed E-state index contributed by atoms with van der Waals surface area (Å²) in [5.74, 6) is 6.83. The van der Waals surface area contributed by atoms with E-state index < -0.39 is 5.82 Å². The predicted molar refractivity (Wildman–Crippen MR) is 114 cm³/mol. The predicted octanol–water partition coefficient (Wildman–Crippen LogP) is 6.19. The number of nitrogens with zero attached hydrogens (tertiary/aromatic N) is 1.